The third-order valence-corrected chi connectivity index (χ3v) is 6.71. The number of piperidine rings is 1. The van der Waals surface area contributed by atoms with E-state index in [1.807, 2.05) is 0 Å². The number of para-hydroxylation sites is 1. The Hall–Kier alpha value is -2.01. The number of amides is 1. The number of hydrogen-bond acceptors (Lipinski definition) is 3. The summed E-state index contributed by atoms with van der Waals surface area (Å²) < 4.78 is 8.01. The first kappa shape index (κ1) is 17.4. The van der Waals surface area contributed by atoms with Crippen LogP contribution in [0.15, 0.2) is 24.3 Å². The molecule has 0 radical (unpaired) electrons. The van der Waals surface area contributed by atoms with Crippen molar-refractivity contribution in [3.63, 3.8) is 0 Å². The summed E-state index contributed by atoms with van der Waals surface area (Å²) in [5, 5.41) is 4.35. The number of rotatable bonds is 3. The fraction of sp³-hybridized carbons (Fsp3) is 0.571. The first-order valence-electron chi connectivity index (χ1n) is 9.59. The zero-order valence-electron chi connectivity index (χ0n) is 16.3. The van der Waals surface area contributed by atoms with Crippen LogP contribution >= 0.6 is 0 Å². The molecule has 140 valence electrons. The van der Waals surface area contributed by atoms with E-state index >= 15 is 0 Å². The zero-order chi connectivity index (χ0) is 18.5. The summed E-state index contributed by atoms with van der Waals surface area (Å²) in [7, 11) is 2.15. The zero-order valence-corrected chi connectivity index (χ0v) is 16.3. The van der Waals surface area contributed by atoms with Gasteiger partial charge in [0.05, 0.1) is 5.54 Å². The highest BCUT2D eigenvalue weighted by Crippen LogP contribution is 2.40. The smallest absolute Gasteiger partial charge is 0.408 e. The van der Waals surface area contributed by atoms with E-state index in [9.17, 15) is 4.79 Å². The van der Waals surface area contributed by atoms with Gasteiger partial charge in [0.25, 0.3) is 0 Å². The number of ether oxygens (including phenoxy) is 1. The average Bonchev–Trinajstić information content (AvgIpc) is 2.98. The number of aromatic nitrogens is 1. The summed E-state index contributed by atoms with van der Waals surface area (Å²) >= 11 is 0. The van der Waals surface area contributed by atoms with Crippen LogP contribution in [0.25, 0.3) is 10.9 Å². The molecule has 0 saturated carbocycles. The van der Waals surface area contributed by atoms with Gasteiger partial charge in [-0.25, -0.2) is 4.79 Å². The largest absolute Gasteiger partial charge is 0.440 e. The van der Waals surface area contributed by atoms with Crippen molar-refractivity contribution in [1.29, 1.82) is 0 Å². The lowest BCUT2D eigenvalue weighted by molar-refractivity contribution is -0.0401. The van der Waals surface area contributed by atoms with Crippen molar-refractivity contribution in [2.75, 3.05) is 19.6 Å². The molecular weight excluding hydrogens is 326 g/mol. The Morgan fingerprint density at radius 3 is 2.54 bits per heavy atom. The van der Waals surface area contributed by atoms with Gasteiger partial charge < -0.3 is 19.5 Å². The molecule has 0 aliphatic carbocycles. The predicted molar refractivity (Wildman–Crippen MR) is 103 cm³/mol. The maximum atomic E-state index is 11.7. The van der Waals surface area contributed by atoms with Crippen LogP contribution in [-0.2, 0) is 18.2 Å². The van der Waals surface area contributed by atoms with E-state index < -0.39 is 0 Å². The molecule has 0 atom stereocenters. The minimum absolute atomic E-state index is 0.269. The van der Waals surface area contributed by atoms with E-state index in [4.69, 9.17) is 4.74 Å². The molecule has 5 heteroatoms. The van der Waals surface area contributed by atoms with Crippen molar-refractivity contribution in [1.82, 2.24) is 14.8 Å². The Balaban J connectivity index is 1.44. The van der Waals surface area contributed by atoms with Crippen LogP contribution in [0.2, 0.25) is 0 Å². The number of alkyl carbamates (subject to hydrolysis) is 1. The molecule has 2 aliphatic heterocycles. The summed E-state index contributed by atoms with van der Waals surface area (Å²) in [6.45, 7) is 9.36. The first-order valence-corrected chi connectivity index (χ1v) is 9.59. The van der Waals surface area contributed by atoms with Gasteiger partial charge in [0.1, 0.15) is 5.60 Å². The van der Waals surface area contributed by atoms with Gasteiger partial charge in [-0.1, -0.05) is 18.2 Å². The van der Waals surface area contributed by atoms with Gasteiger partial charge in [-0.3, -0.25) is 0 Å². The lowest BCUT2D eigenvalue weighted by Crippen LogP contribution is -2.57. The third-order valence-electron chi connectivity index (χ3n) is 6.71. The Kier molecular flexibility index (Phi) is 4.03. The van der Waals surface area contributed by atoms with Gasteiger partial charge in [0.2, 0.25) is 0 Å². The molecule has 2 fully saturated rings. The fourth-order valence-corrected chi connectivity index (χ4v) is 4.75. The van der Waals surface area contributed by atoms with Crippen LogP contribution in [0.5, 0.6) is 0 Å². The molecule has 2 saturated heterocycles. The Morgan fingerprint density at radius 1 is 1.19 bits per heavy atom. The minimum atomic E-state index is -0.351. The Labute approximate surface area is 155 Å². The molecule has 1 aromatic heterocycles. The molecule has 2 aromatic rings. The van der Waals surface area contributed by atoms with Gasteiger partial charge >= 0.3 is 6.09 Å². The summed E-state index contributed by atoms with van der Waals surface area (Å²) in [4.78, 5) is 14.2. The highest BCUT2D eigenvalue weighted by atomic mass is 16.6. The summed E-state index contributed by atoms with van der Waals surface area (Å²) in [6.07, 6.45) is 2.58. The minimum Gasteiger partial charge on any atom is -0.440 e. The number of carbonyl (C=O) groups is 1. The quantitative estimate of drug-likeness (QED) is 0.918. The maximum Gasteiger partial charge on any atom is 0.408 e. The second-order valence-corrected chi connectivity index (χ2v) is 8.37. The van der Waals surface area contributed by atoms with Crippen LogP contribution in [0.3, 0.4) is 0 Å². The summed E-state index contributed by atoms with van der Waals surface area (Å²) in [6, 6.07) is 8.66. The Bertz CT molecular complexity index is 844. The number of fused-ring (bicyclic) bond motifs is 1. The second kappa shape index (κ2) is 6.02. The van der Waals surface area contributed by atoms with Crippen LogP contribution in [0, 0.1) is 6.92 Å². The molecule has 4 rings (SSSR count). The average molecular weight is 355 g/mol. The van der Waals surface area contributed by atoms with Gasteiger partial charge in [0.15, 0.2) is 0 Å². The molecule has 1 spiro atoms. The number of likely N-dealkylation sites (tertiary alicyclic amines) is 1. The van der Waals surface area contributed by atoms with Gasteiger partial charge in [-0.05, 0) is 38.8 Å². The van der Waals surface area contributed by atoms with Gasteiger partial charge in [0, 0.05) is 56.1 Å². The molecule has 1 amide bonds. The summed E-state index contributed by atoms with van der Waals surface area (Å²) in [5.74, 6) is 0. The molecule has 3 heterocycles. The number of nitrogens with zero attached hydrogens (tertiary/aromatic N) is 2. The monoisotopic (exact) mass is 355 g/mol. The lowest BCUT2D eigenvalue weighted by atomic mass is 9.76. The normalized spacial score (nSPS) is 21.9. The highest BCUT2D eigenvalue weighted by Gasteiger charge is 2.55. The van der Waals surface area contributed by atoms with Gasteiger partial charge in [-0.2, -0.15) is 0 Å². The van der Waals surface area contributed by atoms with E-state index in [0.717, 1.165) is 38.9 Å². The maximum absolute atomic E-state index is 11.7. The number of hydrogen-bond donors (Lipinski definition) is 1. The van der Waals surface area contributed by atoms with E-state index in [2.05, 4.69) is 66.9 Å². The molecule has 0 bridgehead atoms. The molecule has 1 N–H and O–H groups in total. The molecule has 1 aromatic carbocycles. The number of carbonyl (C=O) groups excluding carboxylic acids is 1. The van der Waals surface area contributed by atoms with Crippen molar-refractivity contribution < 1.29 is 9.53 Å². The van der Waals surface area contributed by atoms with Crippen LogP contribution < -0.4 is 5.32 Å². The van der Waals surface area contributed by atoms with E-state index in [1.165, 1.54) is 22.2 Å². The first-order chi connectivity index (χ1) is 12.3. The van der Waals surface area contributed by atoms with Crippen molar-refractivity contribution in [2.24, 2.45) is 7.05 Å². The van der Waals surface area contributed by atoms with E-state index in [-0.39, 0.29) is 17.2 Å². The second-order valence-electron chi connectivity index (χ2n) is 8.37. The van der Waals surface area contributed by atoms with Crippen LogP contribution in [0.4, 0.5) is 4.79 Å². The van der Waals surface area contributed by atoms with Crippen molar-refractivity contribution in [2.45, 2.75) is 51.2 Å². The van der Waals surface area contributed by atoms with Gasteiger partial charge in [-0.15, -0.1) is 0 Å². The molecular formula is C21H29N3O2. The third kappa shape index (κ3) is 2.60. The molecule has 0 unspecified atom stereocenters. The number of nitrogens with one attached hydrogen (secondary N) is 1. The van der Waals surface area contributed by atoms with Crippen LogP contribution in [0.1, 0.15) is 37.9 Å². The van der Waals surface area contributed by atoms with Crippen LogP contribution in [-0.4, -0.2) is 46.3 Å². The SMILES string of the molecule is Cc1c(CCN2CCC3(CC2)OC(=O)NC3(C)C)c2ccccc2n1C. The Morgan fingerprint density at radius 2 is 1.88 bits per heavy atom. The number of aryl methyl sites for hydroxylation is 1. The number of benzene rings is 1. The van der Waals surface area contributed by atoms with E-state index in [0.29, 0.717) is 0 Å². The predicted octanol–water partition coefficient (Wildman–Crippen LogP) is 3.38. The standard InChI is InChI=1S/C21H29N3O2/c1-15-16(17-7-5-6-8-18(17)23(15)4)9-12-24-13-10-21(11-14-24)20(2,3)22-19(25)26-21/h5-8H,9-14H2,1-4H3,(H,22,25). The highest BCUT2D eigenvalue weighted by molar-refractivity contribution is 5.85. The topological polar surface area (TPSA) is 46.5 Å². The van der Waals surface area contributed by atoms with Crippen molar-refractivity contribution in [3.8, 4) is 0 Å². The molecule has 5 nitrogen and oxygen atoms in total. The van der Waals surface area contributed by atoms with Crippen molar-refractivity contribution in [3.05, 3.63) is 35.5 Å². The van der Waals surface area contributed by atoms with E-state index in [1.54, 1.807) is 0 Å². The molecule has 2 aliphatic rings. The van der Waals surface area contributed by atoms with Crippen molar-refractivity contribution >= 4 is 17.0 Å². The molecule has 26 heavy (non-hydrogen) atoms. The fourth-order valence-electron chi connectivity index (χ4n) is 4.75. The lowest BCUT2D eigenvalue weighted by Gasteiger charge is -2.44. The summed E-state index contributed by atoms with van der Waals surface area (Å²) in [5.41, 5.74) is 3.48.